The van der Waals surface area contributed by atoms with Crippen LogP contribution in [0.5, 0.6) is 0 Å². The summed E-state index contributed by atoms with van der Waals surface area (Å²) in [5, 5.41) is 9.14. The van der Waals surface area contributed by atoms with Gasteiger partial charge in [-0.1, -0.05) is 0 Å². The van der Waals surface area contributed by atoms with Crippen LogP contribution in [0.3, 0.4) is 0 Å². The van der Waals surface area contributed by atoms with Crippen molar-refractivity contribution in [3.63, 3.8) is 0 Å². The molecule has 0 saturated heterocycles. The fourth-order valence-electron chi connectivity index (χ4n) is 6.39. The van der Waals surface area contributed by atoms with Crippen molar-refractivity contribution in [2.75, 3.05) is 7.05 Å². The van der Waals surface area contributed by atoms with E-state index in [9.17, 15) is 9.59 Å². The lowest BCUT2D eigenvalue weighted by molar-refractivity contribution is -0.145. The molecule has 1 amide bonds. The molecule has 5 saturated carbocycles. The average molecular weight is 305 g/mol. The Morgan fingerprint density at radius 3 is 1.91 bits per heavy atom. The Morgan fingerprint density at radius 2 is 1.41 bits per heavy atom. The molecule has 0 aromatic carbocycles. The molecule has 5 fully saturated rings. The molecule has 122 valence electrons. The van der Waals surface area contributed by atoms with Crippen LogP contribution in [0.2, 0.25) is 0 Å². The van der Waals surface area contributed by atoms with Gasteiger partial charge in [-0.05, 0) is 75.0 Å². The van der Waals surface area contributed by atoms with E-state index in [1.54, 1.807) is 0 Å². The van der Waals surface area contributed by atoms with Crippen LogP contribution in [-0.4, -0.2) is 35.0 Å². The molecule has 2 atom stereocenters. The Bertz CT molecular complexity index is 461. The molecule has 0 spiro atoms. The van der Waals surface area contributed by atoms with Gasteiger partial charge in [0.15, 0.2) is 0 Å². The largest absolute Gasteiger partial charge is 0.481 e. The predicted molar refractivity (Wildman–Crippen MR) is 82.1 cm³/mol. The van der Waals surface area contributed by atoms with E-state index < -0.39 is 5.97 Å². The monoisotopic (exact) mass is 305 g/mol. The first kappa shape index (κ1) is 14.5. The molecule has 22 heavy (non-hydrogen) atoms. The molecule has 0 unspecified atom stereocenters. The van der Waals surface area contributed by atoms with Gasteiger partial charge in [-0.2, -0.15) is 0 Å². The van der Waals surface area contributed by atoms with Crippen LogP contribution in [0.25, 0.3) is 0 Å². The van der Waals surface area contributed by atoms with Crippen LogP contribution < -0.4 is 0 Å². The maximum Gasteiger partial charge on any atom is 0.306 e. The van der Waals surface area contributed by atoms with E-state index in [1.165, 1.54) is 32.1 Å². The van der Waals surface area contributed by atoms with Crippen molar-refractivity contribution < 1.29 is 14.7 Å². The number of carbonyl (C=O) groups is 2. The molecular weight excluding hydrogens is 278 g/mol. The molecule has 4 nitrogen and oxygen atoms in total. The zero-order valence-corrected chi connectivity index (χ0v) is 13.4. The molecule has 0 aromatic rings. The summed E-state index contributed by atoms with van der Waals surface area (Å²) < 4.78 is 0. The molecular formula is C18H27NO3. The highest BCUT2D eigenvalue weighted by molar-refractivity contribution is 5.81. The lowest BCUT2D eigenvalue weighted by atomic mass is 9.54. The second-order valence-corrected chi connectivity index (χ2v) is 8.42. The highest BCUT2D eigenvalue weighted by atomic mass is 16.4. The van der Waals surface area contributed by atoms with Crippen molar-refractivity contribution in [3.05, 3.63) is 0 Å². The second kappa shape index (κ2) is 5.24. The molecule has 5 aliphatic rings. The molecule has 4 bridgehead atoms. The number of hydrogen-bond acceptors (Lipinski definition) is 2. The normalized spacial score (nSPS) is 46.0. The number of amides is 1. The summed E-state index contributed by atoms with van der Waals surface area (Å²) >= 11 is 0. The third kappa shape index (κ3) is 2.26. The molecule has 5 aliphatic carbocycles. The van der Waals surface area contributed by atoms with Gasteiger partial charge < -0.3 is 10.0 Å². The topological polar surface area (TPSA) is 57.6 Å². The molecule has 0 heterocycles. The van der Waals surface area contributed by atoms with Crippen LogP contribution in [0.4, 0.5) is 0 Å². The predicted octanol–water partition coefficient (Wildman–Crippen LogP) is 2.77. The van der Waals surface area contributed by atoms with E-state index in [0.717, 1.165) is 18.3 Å². The first-order valence-corrected chi connectivity index (χ1v) is 9.02. The lowest BCUT2D eigenvalue weighted by Gasteiger charge is -2.56. The quantitative estimate of drug-likeness (QED) is 0.872. The Kier molecular flexibility index (Phi) is 3.46. The number of aliphatic carboxylic acids is 1. The van der Waals surface area contributed by atoms with Gasteiger partial charge in [0.1, 0.15) is 0 Å². The van der Waals surface area contributed by atoms with Gasteiger partial charge in [-0.25, -0.2) is 0 Å². The Morgan fingerprint density at radius 1 is 0.864 bits per heavy atom. The maximum absolute atomic E-state index is 12.9. The van der Waals surface area contributed by atoms with Crippen LogP contribution in [0.15, 0.2) is 0 Å². The van der Waals surface area contributed by atoms with Gasteiger partial charge in [0.25, 0.3) is 0 Å². The van der Waals surface area contributed by atoms with Crippen molar-refractivity contribution in [2.45, 2.75) is 57.4 Å². The molecule has 1 N–H and O–H groups in total. The zero-order chi connectivity index (χ0) is 15.4. The van der Waals surface area contributed by atoms with Crippen molar-refractivity contribution >= 4 is 11.9 Å². The minimum Gasteiger partial charge on any atom is -0.481 e. The second-order valence-electron chi connectivity index (χ2n) is 8.42. The smallest absolute Gasteiger partial charge is 0.306 e. The summed E-state index contributed by atoms with van der Waals surface area (Å²) in [7, 11) is 1.99. The van der Waals surface area contributed by atoms with Crippen LogP contribution in [0.1, 0.15) is 51.4 Å². The van der Waals surface area contributed by atoms with E-state index in [0.29, 0.717) is 30.7 Å². The summed E-state index contributed by atoms with van der Waals surface area (Å²) in [6, 6.07) is 0.434. The van der Waals surface area contributed by atoms with Gasteiger partial charge in [0.2, 0.25) is 5.91 Å². The van der Waals surface area contributed by atoms with Gasteiger partial charge in [-0.15, -0.1) is 0 Å². The highest BCUT2D eigenvalue weighted by Crippen LogP contribution is 2.55. The summed E-state index contributed by atoms with van der Waals surface area (Å²) in [4.78, 5) is 26.0. The maximum atomic E-state index is 12.9. The molecule has 0 radical (unpaired) electrons. The van der Waals surface area contributed by atoms with E-state index in [2.05, 4.69) is 0 Å². The first-order chi connectivity index (χ1) is 10.5. The molecule has 5 rings (SSSR count). The number of carboxylic acid groups (broad SMARTS) is 1. The fourth-order valence-corrected chi connectivity index (χ4v) is 6.39. The van der Waals surface area contributed by atoms with Gasteiger partial charge >= 0.3 is 5.97 Å². The Balaban J connectivity index is 1.44. The van der Waals surface area contributed by atoms with Crippen molar-refractivity contribution in [1.29, 1.82) is 0 Å². The minimum atomic E-state index is -0.729. The summed E-state index contributed by atoms with van der Waals surface area (Å²) in [6.07, 6.45) is 8.67. The highest BCUT2D eigenvalue weighted by Gasteiger charge is 2.51. The van der Waals surface area contributed by atoms with E-state index in [4.69, 9.17) is 5.11 Å². The van der Waals surface area contributed by atoms with Crippen LogP contribution in [0, 0.1) is 35.5 Å². The fraction of sp³-hybridized carbons (Fsp3) is 0.889. The molecule has 4 heteroatoms. The molecule has 0 aromatic heterocycles. The third-order valence-corrected chi connectivity index (χ3v) is 7.10. The summed E-state index contributed by atoms with van der Waals surface area (Å²) in [5.41, 5.74) is 0. The average Bonchev–Trinajstić information content (AvgIpc) is 2.95. The number of nitrogens with zero attached hydrogens (tertiary/aromatic N) is 1. The van der Waals surface area contributed by atoms with Crippen LogP contribution >= 0.6 is 0 Å². The van der Waals surface area contributed by atoms with Crippen LogP contribution in [-0.2, 0) is 9.59 Å². The van der Waals surface area contributed by atoms with Gasteiger partial charge in [0, 0.05) is 19.0 Å². The zero-order valence-electron chi connectivity index (χ0n) is 13.4. The van der Waals surface area contributed by atoms with Crippen molar-refractivity contribution in [1.82, 2.24) is 4.90 Å². The van der Waals surface area contributed by atoms with E-state index in [1.807, 2.05) is 11.9 Å². The first-order valence-electron chi connectivity index (χ1n) is 9.02. The number of carboxylic acids is 1. The lowest BCUT2D eigenvalue weighted by Crippen LogP contribution is -2.57. The number of rotatable bonds is 3. The van der Waals surface area contributed by atoms with E-state index >= 15 is 0 Å². The summed E-state index contributed by atoms with van der Waals surface area (Å²) in [5.74, 6) is 2.40. The minimum absolute atomic E-state index is 0.0525. The number of carbonyl (C=O) groups excluding carboxylic acids is 1. The van der Waals surface area contributed by atoms with Crippen molar-refractivity contribution in [2.24, 2.45) is 35.5 Å². The van der Waals surface area contributed by atoms with Crippen molar-refractivity contribution in [3.8, 4) is 0 Å². The van der Waals surface area contributed by atoms with Gasteiger partial charge in [-0.3, -0.25) is 9.59 Å². The standard InChI is InChI=1S/C18H27NO3/c1-19(17(20)12-2-3-13(9-12)18(21)22)16-14-5-10-4-11(7-14)8-15(16)6-10/h10-16H,2-9H2,1H3,(H,21,22)/t10?,11?,12-,13+,14?,15?,16?/m1/s1. The Labute approximate surface area is 132 Å². The Hall–Kier alpha value is -1.06. The van der Waals surface area contributed by atoms with Gasteiger partial charge in [0.05, 0.1) is 5.92 Å². The SMILES string of the molecule is CN(C(=O)[C@@H]1CC[C@H](C(=O)O)C1)C1C2CC3CC(C2)CC1C3. The number of hydrogen-bond donors (Lipinski definition) is 1. The third-order valence-electron chi connectivity index (χ3n) is 7.10. The van der Waals surface area contributed by atoms with E-state index in [-0.39, 0.29) is 17.7 Å². The molecule has 0 aliphatic heterocycles. The summed E-state index contributed by atoms with van der Waals surface area (Å²) in [6.45, 7) is 0.